The van der Waals surface area contributed by atoms with E-state index in [0.29, 0.717) is 108 Å². The van der Waals surface area contributed by atoms with Gasteiger partial charge in [0.25, 0.3) is 17.7 Å². The summed E-state index contributed by atoms with van der Waals surface area (Å²) in [6, 6.07) is 50.5. The molecule has 0 bridgehead atoms. The number of aromatic nitrogens is 9. The lowest BCUT2D eigenvalue weighted by atomic mass is 10.1. The quantitative estimate of drug-likeness (QED) is 0.0974. The maximum absolute atomic E-state index is 14.0. The number of carbonyl (C=O) groups is 3. The molecule has 0 spiro atoms. The molecule has 17 rings (SSSR count). The van der Waals surface area contributed by atoms with Gasteiger partial charge in [-0.15, -0.1) is 0 Å². The van der Waals surface area contributed by atoms with Crippen molar-refractivity contribution < 1.29 is 27.6 Å². The third-order valence-corrected chi connectivity index (χ3v) is 19.8. The molecule has 0 aliphatic carbocycles. The van der Waals surface area contributed by atoms with Crippen LogP contribution in [0.15, 0.2) is 191 Å². The van der Waals surface area contributed by atoms with E-state index < -0.39 is 17.2 Å². The van der Waals surface area contributed by atoms with E-state index in [1.54, 1.807) is 64.7 Å². The highest BCUT2D eigenvalue weighted by molar-refractivity contribution is 6.22. The molecule has 12 heterocycles. The highest BCUT2D eigenvalue weighted by atomic mass is 19.2. The zero-order chi connectivity index (χ0) is 76.5. The normalized spacial score (nSPS) is 16.1. The van der Waals surface area contributed by atoms with Crippen molar-refractivity contribution in [3.63, 3.8) is 0 Å². The topological polar surface area (TPSA) is 224 Å². The summed E-state index contributed by atoms with van der Waals surface area (Å²) in [4.78, 5) is 79.0. The van der Waals surface area contributed by atoms with Crippen molar-refractivity contribution in [2.24, 2.45) is 15.0 Å². The first-order valence-electron chi connectivity index (χ1n) is 36.2. The first-order chi connectivity index (χ1) is 52.2. The van der Waals surface area contributed by atoms with Crippen LogP contribution in [-0.2, 0) is 26.1 Å². The highest BCUT2D eigenvalue weighted by Gasteiger charge is 2.48. The summed E-state index contributed by atoms with van der Waals surface area (Å²) in [6.45, 7) is 21.4. The minimum absolute atomic E-state index is 0.0201. The Bertz CT molecular complexity index is 5240. The van der Waals surface area contributed by atoms with Crippen LogP contribution >= 0.6 is 0 Å². The van der Waals surface area contributed by atoms with Gasteiger partial charge in [-0.1, -0.05) is 104 Å². The smallest absolute Gasteiger partial charge is 0.267 e. The molecule has 6 aliphatic heterocycles. The Morgan fingerprint density at radius 1 is 0.431 bits per heavy atom. The second-order valence-corrected chi connectivity index (χ2v) is 30.0. The van der Waals surface area contributed by atoms with Crippen LogP contribution in [-0.4, -0.2) is 152 Å². The van der Waals surface area contributed by atoms with Crippen molar-refractivity contribution in [1.82, 2.24) is 59.0 Å². The van der Waals surface area contributed by atoms with Gasteiger partial charge in [0.15, 0.2) is 29.1 Å². The van der Waals surface area contributed by atoms with Gasteiger partial charge in [-0.3, -0.25) is 63.4 Å². The molecule has 11 aromatic rings. The Labute approximate surface area is 629 Å². The predicted molar refractivity (Wildman–Crippen MR) is 419 cm³/mol. The molecule has 0 unspecified atom stereocenters. The van der Waals surface area contributed by atoms with Crippen molar-refractivity contribution in [2.75, 3.05) is 66.1 Å². The lowest BCUT2D eigenvalue weighted by Crippen LogP contribution is -2.48. The number of halogens is 3. The van der Waals surface area contributed by atoms with Gasteiger partial charge in [-0.2, -0.15) is 15.3 Å². The summed E-state index contributed by atoms with van der Waals surface area (Å²) in [6.07, 6.45) is 5.27. The first-order valence-corrected chi connectivity index (χ1v) is 36.2. The Morgan fingerprint density at radius 2 is 0.826 bits per heavy atom. The summed E-state index contributed by atoms with van der Waals surface area (Å²) in [5, 5.41) is 21.2. The molecule has 0 saturated heterocycles. The van der Waals surface area contributed by atoms with Gasteiger partial charge in [0.1, 0.15) is 34.1 Å². The Hall–Kier alpha value is -12.6. The SMILES string of the molecule is CCCc1c2c(nn1Cc1ccc(-c3cccc(C)n3)cc1)N1CC(C)(C)N=C1N(C)C2=O.CN1C(=O)c2c(nn(Cc3ccc(-c4ccccn4)cc3)c2Nc2ccc(F)c(F)c2)N2CC(C)(C)N=C12.Cc1cc(Nc2c3c(nn2Cc2ccc(-c4ccccn4)cc2)N2CC(C)(C)N=C2N(C)C3=O)ccc1F. The van der Waals surface area contributed by atoms with Crippen LogP contribution in [0.25, 0.3) is 33.8 Å². The van der Waals surface area contributed by atoms with E-state index >= 15 is 0 Å². The van der Waals surface area contributed by atoms with E-state index in [1.807, 2.05) is 159 Å². The lowest BCUT2D eigenvalue weighted by Gasteiger charge is -2.30. The average Bonchev–Trinajstić information content (AvgIpc) is 1.59. The van der Waals surface area contributed by atoms with Crippen LogP contribution < -0.4 is 25.3 Å². The molecule has 0 radical (unpaired) electrons. The second-order valence-electron chi connectivity index (χ2n) is 30.0. The summed E-state index contributed by atoms with van der Waals surface area (Å²) in [7, 11) is 5.22. The van der Waals surface area contributed by atoms with Crippen molar-refractivity contribution in [3.05, 3.63) is 244 Å². The van der Waals surface area contributed by atoms with E-state index in [0.717, 1.165) is 98.2 Å². The number of rotatable bonds is 15. The number of hydrogen-bond donors (Lipinski definition) is 2. The highest BCUT2D eigenvalue weighted by Crippen LogP contribution is 2.43. The number of aryl methyl sites for hydroxylation is 2. The number of pyridine rings is 3. The van der Waals surface area contributed by atoms with Crippen LogP contribution in [0.2, 0.25) is 0 Å². The van der Waals surface area contributed by atoms with Gasteiger partial charge in [-0.25, -0.2) is 37.5 Å². The van der Waals surface area contributed by atoms with Gasteiger partial charge in [0.2, 0.25) is 17.9 Å². The monoisotopic (exact) mass is 1460 g/mol. The Balaban J connectivity index is 0.000000131. The largest absolute Gasteiger partial charge is 0.340 e. The number of carbonyl (C=O) groups excluding carboxylic acids is 3. The molecule has 109 heavy (non-hydrogen) atoms. The molecule has 23 nitrogen and oxygen atoms in total. The summed E-state index contributed by atoms with van der Waals surface area (Å²) < 4.78 is 47.1. The molecule has 26 heteroatoms. The van der Waals surface area contributed by atoms with Crippen molar-refractivity contribution in [2.45, 2.75) is 111 Å². The maximum atomic E-state index is 14.0. The van der Waals surface area contributed by atoms with Crippen molar-refractivity contribution in [1.29, 1.82) is 0 Å². The van der Waals surface area contributed by atoms with E-state index in [4.69, 9.17) is 30.3 Å². The number of nitrogens with one attached hydrogen (secondary N) is 2. The fourth-order valence-corrected chi connectivity index (χ4v) is 14.4. The van der Waals surface area contributed by atoms with Crippen molar-refractivity contribution in [3.8, 4) is 33.8 Å². The fourth-order valence-electron chi connectivity index (χ4n) is 14.4. The molecule has 0 saturated carbocycles. The van der Waals surface area contributed by atoms with Crippen LogP contribution in [0, 0.1) is 31.3 Å². The van der Waals surface area contributed by atoms with Gasteiger partial charge in [-0.05, 0) is 151 Å². The van der Waals surface area contributed by atoms with E-state index in [-0.39, 0.29) is 34.6 Å². The van der Waals surface area contributed by atoms with Gasteiger partial charge >= 0.3 is 0 Å². The molecule has 6 aromatic heterocycles. The average molecular weight is 1470 g/mol. The number of hydrogen-bond acceptors (Lipinski definition) is 17. The number of nitrogens with zero attached hydrogens (tertiary/aromatic N) is 18. The molecule has 5 aromatic carbocycles. The number of anilines is 7. The van der Waals surface area contributed by atoms with Crippen LogP contribution in [0.1, 0.15) is 120 Å². The minimum Gasteiger partial charge on any atom is -0.340 e. The van der Waals surface area contributed by atoms with Crippen LogP contribution in [0.4, 0.5) is 53.6 Å². The van der Waals surface area contributed by atoms with Gasteiger partial charge in [0, 0.05) is 73.4 Å². The molecule has 2 N–H and O–H groups in total. The summed E-state index contributed by atoms with van der Waals surface area (Å²) >= 11 is 0. The van der Waals surface area contributed by atoms with E-state index in [1.165, 1.54) is 17.0 Å². The maximum Gasteiger partial charge on any atom is 0.267 e. The molecule has 0 fully saturated rings. The lowest BCUT2D eigenvalue weighted by molar-refractivity contribution is 0.0856. The number of guanidine groups is 3. The number of amides is 3. The second kappa shape index (κ2) is 28.3. The zero-order valence-electron chi connectivity index (χ0n) is 62.8. The van der Waals surface area contributed by atoms with Gasteiger partial charge < -0.3 is 10.6 Å². The Kier molecular flexibility index (Phi) is 18.7. The summed E-state index contributed by atoms with van der Waals surface area (Å²) in [5.74, 6) is 1.86. The van der Waals surface area contributed by atoms with Crippen LogP contribution in [0.3, 0.4) is 0 Å². The number of aliphatic imine (C=N–C) groups is 3. The molecule has 0 atom stereocenters. The fraction of sp³-hybridized carbons (Fsp3) is 0.277. The zero-order valence-corrected chi connectivity index (χ0v) is 62.8. The molecule has 554 valence electrons. The third kappa shape index (κ3) is 14.2. The van der Waals surface area contributed by atoms with E-state index in [2.05, 4.69) is 75.5 Å². The molecular formula is C83H83F3N20O3. The first kappa shape index (κ1) is 72.0. The summed E-state index contributed by atoms with van der Waals surface area (Å²) in [5.41, 5.74) is 13.0. The minimum atomic E-state index is -0.987. The molecular weight excluding hydrogens is 1380 g/mol. The molecule has 3 amide bonds. The predicted octanol–water partition coefficient (Wildman–Crippen LogP) is 14.6. The standard InChI is InChI=1S/C29H28FN7O.C28H25F2N7O.C26H30N6O/c1-18-15-21(12-13-22(18)30)32-25-24-26(36-17-29(2,3)33-28(36)35(4)27(24)38)34-37(25)16-19-8-10-20(11-9-19)23-7-5-6-14-31-23;1-28(2)16-36-25-23(26(38)35(3)27(36)33-28)24(32-19-11-12-20(29)21(30)14-19)37(34-25)15-17-7-9-18(10-8-17)22-6-4-5-13-31-22;1-6-8-21-22-23(31-16-26(3,4)28-25(31)30(5)24(22)33)29-32(21)15-18-11-13-19(14-12-18)20-10-7-9-17(2)27-20/h5-15,32H,16-17H2,1-4H3;4-14,32H,15-16H2,1-3H3;7,9-14H,6,8,15-16H2,1-5H3. The van der Waals surface area contributed by atoms with Gasteiger partial charge in [0.05, 0.1) is 78.7 Å². The number of benzene rings is 5. The van der Waals surface area contributed by atoms with Crippen LogP contribution in [0.5, 0.6) is 0 Å². The Morgan fingerprint density at radius 3 is 1.24 bits per heavy atom. The number of fused-ring (bicyclic) bond motifs is 9. The van der Waals surface area contributed by atoms with Crippen molar-refractivity contribution >= 4 is 76.1 Å². The molecule has 6 aliphatic rings. The van der Waals surface area contributed by atoms with E-state index in [9.17, 15) is 27.6 Å². The third-order valence-electron chi connectivity index (χ3n) is 19.8.